The van der Waals surface area contributed by atoms with Crippen molar-refractivity contribution in [1.29, 1.82) is 0 Å². The van der Waals surface area contributed by atoms with Crippen LogP contribution >= 0.6 is 11.6 Å². The average Bonchev–Trinajstić information content (AvgIpc) is 3.46. The van der Waals surface area contributed by atoms with Crippen molar-refractivity contribution in [3.05, 3.63) is 93.9 Å². The number of aryl methyl sites for hydroxylation is 2. The fraction of sp³-hybridized carbons (Fsp3) is 0.269. The highest BCUT2D eigenvalue weighted by molar-refractivity contribution is 6.31. The minimum atomic E-state index is 0.356. The Kier molecular flexibility index (Phi) is 5.20. The van der Waals surface area contributed by atoms with Gasteiger partial charge in [0.25, 0.3) is 0 Å². The standard InChI is InChI=1S/C26H27ClN4/c1-16-8-11-22(13-24(16)27)31-18(3)26(17(2)30-31)19-9-10-21(12-19)28-14-20-15-29-25-7-5-4-6-23(20)25/h4-11,13,15,19,21,28-29H,12,14H2,1-3H3/t19-,21-/m1/s1. The van der Waals surface area contributed by atoms with Crippen LogP contribution in [0.2, 0.25) is 5.02 Å². The van der Waals surface area contributed by atoms with Crippen LogP contribution in [0.5, 0.6) is 0 Å². The van der Waals surface area contributed by atoms with Crippen LogP contribution in [-0.4, -0.2) is 20.8 Å². The van der Waals surface area contributed by atoms with Crippen LogP contribution in [0.3, 0.4) is 0 Å². The van der Waals surface area contributed by atoms with Gasteiger partial charge in [0, 0.05) is 51.9 Å². The first kappa shape index (κ1) is 20.1. The maximum atomic E-state index is 6.36. The lowest BCUT2D eigenvalue weighted by molar-refractivity contribution is 0.560. The monoisotopic (exact) mass is 430 g/mol. The molecule has 1 aliphatic rings. The van der Waals surface area contributed by atoms with Gasteiger partial charge in [0.2, 0.25) is 0 Å². The third-order valence-corrected chi connectivity index (χ3v) is 6.84. The summed E-state index contributed by atoms with van der Waals surface area (Å²) in [5.74, 6) is 0.370. The minimum Gasteiger partial charge on any atom is -0.361 e. The quantitative estimate of drug-likeness (QED) is 0.374. The maximum Gasteiger partial charge on any atom is 0.0663 e. The van der Waals surface area contributed by atoms with Gasteiger partial charge in [-0.25, -0.2) is 4.68 Å². The van der Waals surface area contributed by atoms with Crippen molar-refractivity contribution in [3.8, 4) is 5.69 Å². The number of allylic oxidation sites excluding steroid dienone is 1. The second kappa shape index (κ2) is 8.03. The number of hydrogen-bond acceptors (Lipinski definition) is 2. The molecule has 0 saturated carbocycles. The van der Waals surface area contributed by atoms with Crippen molar-refractivity contribution in [2.75, 3.05) is 0 Å². The van der Waals surface area contributed by atoms with Gasteiger partial charge in [-0.15, -0.1) is 0 Å². The number of nitrogens with zero attached hydrogens (tertiary/aromatic N) is 2. The molecule has 2 N–H and O–H groups in total. The lowest BCUT2D eigenvalue weighted by Gasteiger charge is -2.15. The number of para-hydroxylation sites is 1. The van der Waals surface area contributed by atoms with Crippen molar-refractivity contribution < 1.29 is 0 Å². The van der Waals surface area contributed by atoms with E-state index in [2.05, 4.69) is 72.8 Å². The van der Waals surface area contributed by atoms with E-state index in [1.54, 1.807) is 0 Å². The lowest BCUT2D eigenvalue weighted by Crippen LogP contribution is -2.25. The predicted molar refractivity (Wildman–Crippen MR) is 128 cm³/mol. The van der Waals surface area contributed by atoms with Crippen LogP contribution in [0, 0.1) is 20.8 Å². The number of aromatic nitrogens is 3. The zero-order valence-corrected chi connectivity index (χ0v) is 18.9. The van der Waals surface area contributed by atoms with E-state index in [1.807, 2.05) is 23.7 Å². The van der Waals surface area contributed by atoms with E-state index < -0.39 is 0 Å². The van der Waals surface area contributed by atoms with Crippen LogP contribution in [0.25, 0.3) is 16.6 Å². The number of fused-ring (bicyclic) bond motifs is 1. The fourth-order valence-corrected chi connectivity index (χ4v) is 4.91. The largest absolute Gasteiger partial charge is 0.361 e. The first-order chi connectivity index (χ1) is 15.0. The van der Waals surface area contributed by atoms with Crippen molar-refractivity contribution in [3.63, 3.8) is 0 Å². The van der Waals surface area contributed by atoms with E-state index in [4.69, 9.17) is 16.7 Å². The molecule has 2 atom stereocenters. The smallest absolute Gasteiger partial charge is 0.0663 e. The van der Waals surface area contributed by atoms with Gasteiger partial charge in [-0.1, -0.05) is 48.0 Å². The summed E-state index contributed by atoms with van der Waals surface area (Å²) in [6.45, 7) is 7.13. The van der Waals surface area contributed by atoms with Crippen LogP contribution in [0.1, 0.15) is 40.4 Å². The topological polar surface area (TPSA) is 45.6 Å². The van der Waals surface area contributed by atoms with Crippen molar-refractivity contribution in [2.24, 2.45) is 0 Å². The number of H-pyrrole nitrogens is 1. The summed E-state index contributed by atoms with van der Waals surface area (Å²) in [5.41, 5.74) is 8.18. The molecule has 5 heteroatoms. The number of nitrogens with one attached hydrogen (secondary N) is 2. The van der Waals surface area contributed by atoms with Gasteiger partial charge in [0.05, 0.1) is 11.4 Å². The molecule has 158 valence electrons. The Morgan fingerprint density at radius 2 is 1.97 bits per heavy atom. The molecule has 4 nitrogen and oxygen atoms in total. The van der Waals surface area contributed by atoms with Crippen molar-refractivity contribution in [1.82, 2.24) is 20.1 Å². The third kappa shape index (κ3) is 3.71. The molecule has 0 saturated heterocycles. The summed E-state index contributed by atoms with van der Waals surface area (Å²) >= 11 is 6.36. The normalized spacial score (nSPS) is 18.3. The fourth-order valence-electron chi connectivity index (χ4n) is 4.74. The molecule has 2 heterocycles. The first-order valence-corrected chi connectivity index (χ1v) is 11.2. The maximum absolute atomic E-state index is 6.36. The second-order valence-electron chi connectivity index (χ2n) is 8.50. The zero-order valence-electron chi connectivity index (χ0n) is 18.1. The van der Waals surface area contributed by atoms with E-state index >= 15 is 0 Å². The number of halogens is 1. The Balaban J connectivity index is 1.31. The van der Waals surface area contributed by atoms with E-state index in [1.165, 1.54) is 27.7 Å². The molecule has 0 spiro atoms. The molecule has 2 aromatic carbocycles. The van der Waals surface area contributed by atoms with Crippen LogP contribution in [-0.2, 0) is 6.54 Å². The zero-order chi connectivity index (χ0) is 21.5. The van der Waals surface area contributed by atoms with Gasteiger partial charge in [0.15, 0.2) is 0 Å². The SMILES string of the molecule is Cc1ccc(-n2nc(C)c([C@@H]3C=C[C@@H](NCc4c[nH]c5ccccc45)C3)c2C)cc1Cl. The average molecular weight is 431 g/mol. The molecular weight excluding hydrogens is 404 g/mol. The molecule has 5 rings (SSSR count). The molecule has 0 bridgehead atoms. The van der Waals surface area contributed by atoms with E-state index in [0.717, 1.165) is 34.9 Å². The predicted octanol–water partition coefficient (Wildman–Crippen LogP) is 6.13. The van der Waals surface area contributed by atoms with Crippen molar-refractivity contribution >= 4 is 22.5 Å². The lowest BCUT2D eigenvalue weighted by atomic mass is 9.96. The van der Waals surface area contributed by atoms with Gasteiger partial charge in [0.1, 0.15) is 0 Å². The van der Waals surface area contributed by atoms with E-state index in [9.17, 15) is 0 Å². The van der Waals surface area contributed by atoms with Gasteiger partial charge in [-0.2, -0.15) is 5.10 Å². The summed E-state index contributed by atoms with van der Waals surface area (Å²) in [7, 11) is 0. The Hall–Kier alpha value is -2.82. The number of hydrogen-bond donors (Lipinski definition) is 2. The summed E-state index contributed by atoms with van der Waals surface area (Å²) in [5, 5.41) is 10.6. The Morgan fingerprint density at radius 3 is 2.81 bits per heavy atom. The summed E-state index contributed by atoms with van der Waals surface area (Å²) < 4.78 is 2.02. The van der Waals surface area contributed by atoms with E-state index in [0.29, 0.717) is 12.0 Å². The molecule has 0 fully saturated rings. The number of benzene rings is 2. The van der Waals surface area contributed by atoms with Crippen LogP contribution < -0.4 is 5.32 Å². The highest BCUT2D eigenvalue weighted by Gasteiger charge is 2.26. The Morgan fingerprint density at radius 1 is 1.13 bits per heavy atom. The van der Waals surface area contributed by atoms with E-state index in [-0.39, 0.29) is 0 Å². The molecule has 1 aliphatic carbocycles. The molecule has 2 aromatic heterocycles. The Labute approximate surface area is 187 Å². The first-order valence-electron chi connectivity index (χ1n) is 10.8. The number of rotatable bonds is 5. The summed E-state index contributed by atoms with van der Waals surface area (Å²) in [6, 6.07) is 14.9. The highest BCUT2D eigenvalue weighted by atomic mass is 35.5. The molecule has 0 radical (unpaired) electrons. The number of aromatic amines is 1. The molecule has 4 aromatic rings. The van der Waals surface area contributed by atoms with Gasteiger partial charge >= 0.3 is 0 Å². The molecule has 31 heavy (non-hydrogen) atoms. The minimum absolute atomic E-state index is 0.356. The van der Waals surface area contributed by atoms with Crippen LogP contribution in [0.15, 0.2) is 60.8 Å². The molecule has 0 aliphatic heterocycles. The second-order valence-corrected chi connectivity index (χ2v) is 8.91. The highest BCUT2D eigenvalue weighted by Crippen LogP contribution is 2.34. The van der Waals surface area contributed by atoms with Gasteiger partial charge in [-0.3, -0.25) is 0 Å². The summed E-state index contributed by atoms with van der Waals surface area (Å²) in [6.07, 6.45) is 7.79. The Bertz CT molecular complexity index is 1280. The molecular formula is C26H27ClN4. The van der Waals surface area contributed by atoms with Crippen LogP contribution in [0.4, 0.5) is 0 Å². The van der Waals surface area contributed by atoms with Crippen molar-refractivity contribution in [2.45, 2.75) is 45.7 Å². The van der Waals surface area contributed by atoms with Gasteiger partial charge < -0.3 is 10.3 Å². The molecule has 0 unspecified atom stereocenters. The molecule has 0 amide bonds. The third-order valence-electron chi connectivity index (χ3n) is 6.43. The summed E-state index contributed by atoms with van der Waals surface area (Å²) in [4.78, 5) is 3.36. The van der Waals surface area contributed by atoms with Gasteiger partial charge in [-0.05, 0) is 56.5 Å².